The molecule has 12 atom stereocenters. The van der Waals surface area contributed by atoms with E-state index in [1.807, 2.05) is 49.1 Å². The van der Waals surface area contributed by atoms with Gasteiger partial charge in [-0.25, -0.2) is 14.4 Å². The number of carboxylic acid groups (broad SMARTS) is 1. The number of ether oxygens (including phenoxy) is 4. The number of unbranched alkanes of at least 4 members (excludes halogenated alkanes) is 3. The molecule has 6 heterocycles. The van der Waals surface area contributed by atoms with Crippen LogP contribution < -0.4 is 31.9 Å². The van der Waals surface area contributed by atoms with Gasteiger partial charge in [0.15, 0.2) is 11.6 Å². The van der Waals surface area contributed by atoms with Crippen molar-refractivity contribution in [2.24, 2.45) is 17.8 Å². The second-order valence-electron chi connectivity index (χ2n) is 23.0. The number of urea groups is 3. The minimum absolute atomic E-state index is 0. The van der Waals surface area contributed by atoms with Gasteiger partial charge >= 0.3 is 36.0 Å². The monoisotopic (exact) mass is 1280 g/mol. The lowest BCUT2D eigenvalue weighted by Crippen LogP contribution is -2.36. The van der Waals surface area contributed by atoms with Gasteiger partial charge in [0.25, 0.3) is 0 Å². The number of fused-ring (bicyclic) bond motifs is 3. The van der Waals surface area contributed by atoms with Gasteiger partial charge in [-0.3, -0.25) is 33.6 Å². The Morgan fingerprint density at radius 3 is 1.35 bits per heavy atom. The molecule has 0 aromatic heterocycles. The normalized spacial score (nSPS) is 28.4. The van der Waals surface area contributed by atoms with Crippen molar-refractivity contribution in [1.82, 2.24) is 31.9 Å². The SMILES string of the molecule is CCOC1=CC(=O)C(CCCO)CC1.CCOC1=CC(=O)C(CCOC(=O)CCCCC2SC[C@@H]3NC(=O)N[C@H]23)CC1.Cl.O=C(O)CCCCC1SC[C@@H]2NC(=O)N[C@H]12.O=C1CCC(CCCOC(=O)CCCCC2SC[C@@H]3NC(=O)N[C@H]23)C(=O)C1. The molecule has 6 amide bonds. The van der Waals surface area contributed by atoms with Crippen molar-refractivity contribution in [3.8, 4) is 0 Å². The number of carbonyl (C=O) groups is 10. The summed E-state index contributed by atoms with van der Waals surface area (Å²) in [6.45, 7) is 5.84. The number of halogens is 1. The van der Waals surface area contributed by atoms with Crippen molar-refractivity contribution >= 4 is 107 Å². The van der Waals surface area contributed by atoms with Gasteiger partial charge in [0, 0.05) is 108 Å². The first-order valence-corrected chi connectivity index (χ1v) is 34.2. The largest absolute Gasteiger partial charge is 0.498 e. The third-order valence-electron chi connectivity index (χ3n) is 16.7. The van der Waals surface area contributed by atoms with Crippen LogP contribution in [0.3, 0.4) is 0 Å². The molecule has 9 aliphatic rings. The van der Waals surface area contributed by atoms with Gasteiger partial charge in [-0.2, -0.15) is 35.3 Å². The lowest BCUT2D eigenvalue weighted by atomic mass is 9.84. The summed E-state index contributed by atoms with van der Waals surface area (Å²) in [6.07, 6.45) is 20.3. The maximum absolute atomic E-state index is 12.1. The molecule has 0 aromatic rings. The van der Waals surface area contributed by atoms with Gasteiger partial charge in [0.1, 0.15) is 11.6 Å². The number of nitrogens with one attached hydrogen (secondary N) is 6. The van der Waals surface area contributed by atoms with E-state index in [9.17, 15) is 47.9 Å². The third kappa shape index (κ3) is 24.3. The summed E-state index contributed by atoms with van der Waals surface area (Å²) in [5, 5.41) is 36.1. The molecule has 22 nitrogen and oxygen atoms in total. The molecule has 26 heteroatoms. The van der Waals surface area contributed by atoms with Crippen molar-refractivity contribution in [2.45, 2.75) is 220 Å². The zero-order valence-electron chi connectivity index (χ0n) is 50.0. The molecule has 0 radical (unpaired) electrons. The van der Waals surface area contributed by atoms with E-state index in [1.54, 1.807) is 12.2 Å². The standard InChI is InChI=1S/C20H30N2O5S.C19H28N2O5S.C11H18O3.C10H16N2O3S.ClH/c1-2-26-14-8-7-13(16(23)11-14)9-10-27-18(24)6-4-3-5-17-19-15(12-28-17)21-20(25)22-19;22-13-8-7-12(15(23)10-13)4-3-9-26-17(24)6-2-1-5-16-18-14(11-27-16)20-19(25)21-18;1-2-14-10-6-5-9(4-3-7-12)11(13)8-10;13-8(14)4-2-1-3-7-9-6(5-16-7)11-10(15)12-9;/h11,13,15,17,19H,2-10,12H2,1H3,(H2,21,22,25);12,14,16,18H,1-11H2,(H2,20,21,25);8-9,12H,2-7H2,1H3;6-7,9H,1-5H2,(H,13,14)(H2,11,12,15);1H/t13?,15-,17?,19-;12?,14-,16?,18-;;6-,7?,9-;/m00.0./s1. The number of amides is 6. The average molecular weight is 1290 g/mol. The fourth-order valence-corrected chi connectivity index (χ4v) is 16.7. The Labute approximate surface area is 524 Å². The molecule has 8 N–H and O–H groups in total. The summed E-state index contributed by atoms with van der Waals surface area (Å²) >= 11 is 5.64. The summed E-state index contributed by atoms with van der Waals surface area (Å²) < 4.78 is 21.3. The molecule has 0 spiro atoms. The second kappa shape index (κ2) is 38.6. The number of Topliss-reactive ketones (excluding diaryl/α,β-unsaturated/α-hetero) is 2. The number of allylic oxidation sites excluding steroid dienone is 4. The van der Waals surface area contributed by atoms with Crippen LogP contribution in [-0.2, 0) is 52.5 Å². The minimum Gasteiger partial charge on any atom is -0.498 e. The average Bonchev–Trinajstić information content (AvgIpc) is 2.21. The minimum atomic E-state index is -0.729. The van der Waals surface area contributed by atoms with Crippen molar-refractivity contribution < 1.29 is 77.1 Å². The number of thioether (sulfide) groups is 3. The van der Waals surface area contributed by atoms with Gasteiger partial charge in [0.2, 0.25) is 0 Å². The number of rotatable bonds is 29. The molecule has 6 unspecified atom stereocenters. The number of aliphatic hydroxyl groups excluding tert-OH is 1. The predicted octanol–water partition coefficient (Wildman–Crippen LogP) is 7.40. The van der Waals surface area contributed by atoms with E-state index in [4.69, 9.17) is 29.2 Å². The lowest BCUT2D eigenvalue weighted by Gasteiger charge is -2.20. The van der Waals surface area contributed by atoms with Crippen LogP contribution in [-0.4, -0.2) is 172 Å². The third-order valence-corrected chi connectivity index (χ3v) is 21.3. The van der Waals surface area contributed by atoms with Crippen molar-refractivity contribution in [1.29, 1.82) is 0 Å². The molecular formula is C60H93ClN6O16S3. The summed E-state index contributed by atoms with van der Waals surface area (Å²) in [5.41, 5.74) is 0. The fraction of sp³-hybridized carbons (Fsp3) is 0.767. The first kappa shape index (κ1) is 72.0. The Kier molecular flexibility index (Phi) is 32.4. The van der Waals surface area contributed by atoms with Crippen molar-refractivity contribution in [3.05, 3.63) is 23.7 Å². The van der Waals surface area contributed by atoms with E-state index < -0.39 is 5.97 Å². The van der Waals surface area contributed by atoms with Gasteiger partial charge in [-0.15, -0.1) is 12.4 Å². The second-order valence-corrected chi connectivity index (χ2v) is 26.8. The van der Waals surface area contributed by atoms with Crippen LogP contribution >= 0.6 is 47.7 Å². The summed E-state index contributed by atoms with van der Waals surface area (Å²) in [5.74, 6) is 3.66. The summed E-state index contributed by atoms with van der Waals surface area (Å²) in [6, 6.07) is 1.23. The van der Waals surface area contributed by atoms with Gasteiger partial charge < -0.3 is 61.1 Å². The Morgan fingerprint density at radius 1 is 0.512 bits per heavy atom. The van der Waals surface area contributed by atoms with Crippen molar-refractivity contribution in [2.75, 3.05) is 50.3 Å². The highest BCUT2D eigenvalue weighted by atomic mass is 35.5. The van der Waals surface area contributed by atoms with E-state index in [1.165, 1.54) is 0 Å². The zero-order valence-corrected chi connectivity index (χ0v) is 53.2. The van der Waals surface area contributed by atoms with E-state index in [0.717, 1.165) is 119 Å². The van der Waals surface area contributed by atoms with E-state index in [0.29, 0.717) is 93.5 Å². The molecule has 86 heavy (non-hydrogen) atoms. The quantitative estimate of drug-likeness (QED) is 0.0156. The van der Waals surface area contributed by atoms with Crippen LogP contribution in [0.15, 0.2) is 23.7 Å². The highest BCUT2D eigenvalue weighted by molar-refractivity contribution is 8.00. The van der Waals surface area contributed by atoms with E-state index >= 15 is 0 Å². The van der Waals surface area contributed by atoms with E-state index in [2.05, 4.69) is 31.9 Å². The molecular weight excluding hydrogens is 1190 g/mol. The first-order valence-electron chi connectivity index (χ1n) is 31.0. The predicted molar refractivity (Wildman–Crippen MR) is 331 cm³/mol. The first-order chi connectivity index (χ1) is 41.0. The smallest absolute Gasteiger partial charge is 0.315 e. The maximum Gasteiger partial charge on any atom is 0.315 e. The lowest BCUT2D eigenvalue weighted by molar-refractivity contribution is -0.145. The number of carbonyl (C=O) groups excluding carboxylic acids is 9. The molecule has 484 valence electrons. The highest BCUT2D eigenvalue weighted by Gasteiger charge is 2.45. The number of aliphatic carboxylic acids is 1. The van der Waals surface area contributed by atoms with Crippen LogP contribution in [0, 0.1) is 17.8 Å². The Morgan fingerprint density at radius 2 is 0.930 bits per heavy atom. The van der Waals surface area contributed by atoms with Gasteiger partial charge in [0.05, 0.1) is 80.6 Å². The maximum atomic E-state index is 12.1. The Balaban J connectivity index is 0.000000217. The molecule has 6 saturated heterocycles. The zero-order chi connectivity index (χ0) is 61.1. The molecule has 7 fully saturated rings. The number of hydrogen-bond acceptors (Lipinski definition) is 18. The summed E-state index contributed by atoms with van der Waals surface area (Å²) in [4.78, 5) is 114. The van der Waals surface area contributed by atoms with Gasteiger partial charge in [-0.1, -0.05) is 19.3 Å². The molecule has 6 aliphatic heterocycles. The Bertz CT molecular complexity index is 2350. The number of hydrogen-bond donors (Lipinski definition) is 8. The number of carboxylic acids is 1. The van der Waals surface area contributed by atoms with Crippen LogP contribution in [0.25, 0.3) is 0 Å². The number of esters is 2. The number of ketones is 4. The molecule has 9 rings (SSSR count). The van der Waals surface area contributed by atoms with Crippen LogP contribution in [0.4, 0.5) is 14.4 Å². The molecule has 3 aliphatic carbocycles. The van der Waals surface area contributed by atoms with E-state index in [-0.39, 0.29) is 139 Å². The summed E-state index contributed by atoms with van der Waals surface area (Å²) in [7, 11) is 0. The van der Waals surface area contributed by atoms with Gasteiger partial charge in [-0.05, 0) is 104 Å². The molecule has 1 saturated carbocycles. The van der Waals surface area contributed by atoms with Crippen LogP contribution in [0.1, 0.15) is 168 Å². The molecule has 0 aromatic carbocycles. The number of aliphatic hydroxyl groups is 1. The van der Waals surface area contributed by atoms with Crippen LogP contribution in [0.2, 0.25) is 0 Å². The van der Waals surface area contributed by atoms with Crippen molar-refractivity contribution in [3.63, 3.8) is 0 Å². The highest BCUT2D eigenvalue weighted by Crippen LogP contribution is 2.36. The topological polar surface area (TPSA) is 320 Å². The Hall–Kier alpha value is -4.72. The van der Waals surface area contributed by atoms with Crippen LogP contribution in [0.5, 0.6) is 0 Å². The molecule has 0 bridgehead atoms. The fourth-order valence-electron chi connectivity index (χ4n) is 12.1.